The molecule has 0 bridgehead atoms. The second-order valence-electron chi connectivity index (χ2n) is 5.87. The van der Waals surface area contributed by atoms with E-state index in [0.29, 0.717) is 12.8 Å². The quantitative estimate of drug-likeness (QED) is 0.941. The summed E-state index contributed by atoms with van der Waals surface area (Å²) in [5.74, 6) is 0.814. The SMILES string of the molecule is COc1ccc(NC(=O)Cc2ccc3c(c2)CCC(=O)N3C)cc1. The highest BCUT2D eigenvalue weighted by Crippen LogP contribution is 2.27. The number of amides is 2. The van der Waals surface area contributed by atoms with Crippen molar-refractivity contribution in [3.63, 3.8) is 0 Å². The van der Waals surface area contributed by atoms with Gasteiger partial charge in [0, 0.05) is 24.8 Å². The fourth-order valence-corrected chi connectivity index (χ4v) is 2.88. The third-order valence-electron chi connectivity index (χ3n) is 4.23. The summed E-state index contributed by atoms with van der Waals surface area (Å²) in [6.07, 6.45) is 1.55. The molecule has 0 fully saturated rings. The smallest absolute Gasteiger partial charge is 0.228 e. The molecule has 0 atom stereocenters. The molecule has 24 heavy (non-hydrogen) atoms. The van der Waals surface area contributed by atoms with Gasteiger partial charge in [0.2, 0.25) is 11.8 Å². The Kier molecular flexibility index (Phi) is 4.51. The number of anilines is 2. The maximum atomic E-state index is 12.2. The van der Waals surface area contributed by atoms with E-state index >= 15 is 0 Å². The topological polar surface area (TPSA) is 58.6 Å². The van der Waals surface area contributed by atoms with Crippen LogP contribution in [0.15, 0.2) is 42.5 Å². The number of benzene rings is 2. The van der Waals surface area contributed by atoms with Crippen molar-refractivity contribution in [1.29, 1.82) is 0 Å². The zero-order valence-corrected chi connectivity index (χ0v) is 13.8. The van der Waals surface area contributed by atoms with Gasteiger partial charge in [0.15, 0.2) is 0 Å². The lowest BCUT2D eigenvalue weighted by Crippen LogP contribution is -2.31. The summed E-state index contributed by atoms with van der Waals surface area (Å²) in [7, 11) is 3.39. The summed E-state index contributed by atoms with van der Waals surface area (Å²) in [6, 6.07) is 13.1. The Hall–Kier alpha value is -2.82. The van der Waals surface area contributed by atoms with Gasteiger partial charge in [0.05, 0.1) is 13.5 Å². The minimum atomic E-state index is -0.0691. The summed E-state index contributed by atoms with van der Waals surface area (Å²) in [5.41, 5.74) is 3.74. The van der Waals surface area contributed by atoms with Crippen LogP contribution in [-0.4, -0.2) is 26.0 Å². The molecule has 0 saturated heterocycles. The first-order chi connectivity index (χ1) is 11.6. The minimum absolute atomic E-state index is 0.0691. The summed E-state index contributed by atoms with van der Waals surface area (Å²) in [5, 5.41) is 2.88. The normalized spacial score (nSPS) is 13.4. The maximum Gasteiger partial charge on any atom is 0.228 e. The van der Waals surface area contributed by atoms with Crippen LogP contribution in [0.1, 0.15) is 17.5 Å². The number of ether oxygens (including phenoxy) is 1. The molecule has 124 valence electrons. The van der Waals surface area contributed by atoms with Gasteiger partial charge in [0.1, 0.15) is 5.75 Å². The molecule has 2 amide bonds. The van der Waals surface area contributed by atoms with Crippen molar-refractivity contribution in [2.75, 3.05) is 24.4 Å². The van der Waals surface area contributed by atoms with Crippen LogP contribution < -0.4 is 15.0 Å². The molecule has 1 aliphatic rings. The first-order valence-electron chi connectivity index (χ1n) is 7.89. The van der Waals surface area contributed by atoms with Crippen molar-refractivity contribution in [1.82, 2.24) is 0 Å². The van der Waals surface area contributed by atoms with E-state index in [0.717, 1.165) is 34.7 Å². The van der Waals surface area contributed by atoms with Crippen LogP contribution in [-0.2, 0) is 22.4 Å². The molecule has 0 radical (unpaired) electrons. The van der Waals surface area contributed by atoms with E-state index in [4.69, 9.17) is 4.74 Å². The third kappa shape index (κ3) is 3.40. The molecule has 0 aromatic heterocycles. The van der Waals surface area contributed by atoms with Crippen LogP contribution in [0.4, 0.5) is 11.4 Å². The van der Waals surface area contributed by atoms with E-state index in [1.165, 1.54) is 0 Å². The van der Waals surface area contributed by atoms with Crippen LogP contribution >= 0.6 is 0 Å². The molecule has 0 saturated carbocycles. The van der Waals surface area contributed by atoms with Crippen LogP contribution in [0, 0.1) is 0 Å². The molecular formula is C19H20N2O3. The number of fused-ring (bicyclic) bond motifs is 1. The predicted octanol–water partition coefficient (Wildman–Crippen LogP) is 2.79. The summed E-state index contributed by atoms with van der Waals surface area (Å²) in [6.45, 7) is 0. The average molecular weight is 324 g/mol. The van der Waals surface area contributed by atoms with E-state index in [9.17, 15) is 9.59 Å². The molecule has 1 heterocycles. The number of hydrogen-bond acceptors (Lipinski definition) is 3. The Bertz CT molecular complexity index is 769. The summed E-state index contributed by atoms with van der Waals surface area (Å²) >= 11 is 0. The number of carbonyl (C=O) groups excluding carboxylic acids is 2. The lowest BCUT2D eigenvalue weighted by atomic mass is 9.98. The van der Waals surface area contributed by atoms with Crippen molar-refractivity contribution in [2.45, 2.75) is 19.3 Å². The molecule has 0 unspecified atom stereocenters. The van der Waals surface area contributed by atoms with Gasteiger partial charge in [-0.25, -0.2) is 0 Å². The third-order valence-corrected chi connectivity index (χ3v) is 4.23. The number of nitrogens with zero attached hydrogens (tertiary/aromatic N) is 1. The van der Waals surface area contributed by atoms with Gasteiger partial charge >= 0.3 is 0 Å². The Balaban J connectivity index is 1.67. The number of methoxy groups -OCH3 is 1. The zero-order chi connectivity index (χ0) is 17.1. The van der Waals surface area contributed by atoms with Gasteiger partial charge in [-0.05, 0) is 47.9 Å². The van der Waals surface area contributed by atoms with E-state index in [-0.39, 0.29) is 11.8 Å². The average Bonchev–Trinajstić information content (AvgIpc) is 2.59. The van der Waals surface area contributed by atoms with Crippen molar-refractivity contribution in [3.8, 4) is 5.75 Å². The van der Waals surface area contributed by atoms with Gasteiger partial charge in [0.25, 0.3) is 0 Å². The maximum absolute atomic E-state index is 12.2. The molecule has 5 nitrogen and oxygen atoms in total. The molecule has 1 aliphatic heterocycles. The van der Waals surface area contributed by atoms with Crippen LogP contribution in [0.5, 0.6) is 5.75 Å². The zero-order valence-electron chi connectivity index (χ0n) is 13.8. The van der Waals surface area contributed by atoms with E-state index < -0.39 is 0 Å². The Morgan fingerprint density at radius 3 is 2.62 bits per heavy atom. The van der Waals surface area contributed by atoms with E-state index in [1.54, 1.807) is 31.2 Å². The van der Waals surface area contributed by atoms with Gasteiger partial charge in [-0.3, -0.25) is 9.59 Å². The van der Waals surface area contributed by atoms with Crippen molar-refractivity contribution in [2.24, 2.45) is 0 Å². The predicted molar refractivity (Wildman–Crippen MR) is 93.5 cm³/mol. The fourth-order valence-electron chi connectivity index (χ4n) is 2.88. The second kappa shape index (κ2) is 6.74. The Morgan fingerprint density at radius 1 is 1.17 bits per heavy atom. The van der Waals surface area contributed by atoms with Gasteiger partial charge in [-0.2, -0.15) is 0 Å². The minimum Gasteiger partial charge on any atom is -0.497 e. The highest BCUT2D eigenvalue weighted by Gasteiger charge is 2.21. The molecule has 0 spiro atoms. The molecular weight excluding hydrogens is 304 g/mol. The van der Waals surface area contributed by atoms with Crippen molar-refractivity contribution >= 4 is 23.2 Å². The molecule has 0 aliphatic carbocycles. The molecule has 2 aromatic carbocycles. The summed E-state index contributed by atoms with van der Waals surface area (Å²) < 4.78 is 5.10. The standard InChI is InChI=1S/C19H20N2O3/c1-21-17-9-3-13(11-14(17)4-10-19(21)23)12-18(22)20-15-5-7-16(24-2)8-6-15/h3,5-9,11H,4,10,12H2,1-2H3,(H,20,22). The first-order valence-corrected chi connectivity index (χ1v) is 7.89. The van der Waals surface area contributed by atoms with Crippen LogP contribution in [0.25, 0.3) is 0 Å². The Morgan fingerprint density at radius 2 is 1.92 bits per heavy atom. The van der Waals surface area contributed by atoms with Gasteiger partial charge in [-0.15, -0.1) is 0 Å². The van der Waals surface area contributed by atoms with E-state index in [1.807, 2.05) is 30.3 Å². The van der Waals surface area contributed by atoms with Crippen LogP contribution in [0.2, 0.25) is 0 Å². The number of hydrogen-bond donors (Lipinski definition) is 1. The van der Waals surface area contributed by atoms with Crippen molar-refractivity contribution < 1.29 is 14.3 Å². The van der Waals surface area contributed by atoms with Crippen LogP contribution in [0.3, 0.4) is 0 Å². The molecule has 3 rings (SSSR count). The van der Waals surface area contributed by atoms with Gasteiger partial charge < -0.3 is 15.0 Å². The molecule has 2 aromatic rings. The monoisotopic (exact) mass is 324 g/mol. The lowest BCUT2D eigenvalue weighted by Gasteiger charge is -2.26. The number of carbonyl (C=O) groups is 2. The highest BCUT2D eigenvalue weighted by atomic mass is 16.5. The number of rotatable bonds is 4. The lowest BCUT2D eigenvalue weighted by molar-refractivity contribution is -0.118. The molecule has 5 heteroatoms. The highest BCUT2D eigenvalue weighted by molar-refractivity contribution is 5.96. The Labute approximate surface area is 141 Å². The molecule has 1 N–H and O–H groups in total. The largest absolute Gasteiger partial charge is 0.497 e. The van der Waals surface area contributed by atoms with Gasteiger partial charge in [-0.1, -0.05) is 12.1 Å². The van der Waals surface area contributed by atoms with Crippen molar-refractivity contribution in [3.05, 3.63) is 53.6 Å². The summed E-state index contributed by atoms with van der Waals surface area (Å²) in [4.78, 5) is 25.6. The van der Waals surface area contributed by atoms with E-state index in [2.05, 4.69) is 5.32 Å². The first kappa shape index (κ1) is 16.1. The second-order valence-corrected chi connectivity index (χ2v) is 5.87. The number of aryl methyl sites for hydroxylation is 1. The fraction of sp³-hybridized carbons (Fsp3) is 0.263. The number of nitrogens with one attached hydrogen (secondary N) is 1.